The standard InChI is InChI=1S/C24H26N6O2/c1-14-26-10-16(11-27-14)15-7-8-18-20(9-15)30(23(32)24(18,2)3)21-13-25-12-19(29-21)22(31)28-17-5-4-6-17/h7,9-13,17-18H,4-6,8H2,1-3H3,(H,28,31). The number of amides is 2. The van der Waals surface area contributed by atoms with Crippen molar-refractivity contribution in [2.75, 3.05) is 4.90 Å². The van der Waals surface area contributed by atoms with Gasteiger partial charge in [0.1, 0.15) is 11.5 Å². The Labute approximate surface area is 186 Å². The van der Waals surface area contributed by atoms with E-state index in [4.69, 9.17) is 0 Å². The lowest BCUT2D eigenvalue weighted by Gasteiger charge is -2.26. The lowest BCUT2D eigenvalue weighted by atomic mass is 9.75. The van der Waals surface area contributed by atoms with Gasteiger partial charge in [0.15, 0.2) is 5.82 Å². The van der Waals surface area contributed by atoms with Crippen molar-refractivity contribution >= 4 is 23.2 Å². The Bertz CT molecular complexity index is 1150. The highest BCUT2D eigenvalue weighted by Crippen LogP contribution is 2.50. The molecule has 164 valence electrons. The molecule has 1 unspecified atom stereocenters. The Morgan fingerprint density at radius 2 is 1.91 bits per heavy atom. The molecular weight excluding hydrogens is 404 g/mol. The number of aromatic nitrogens is 4. The average molecular weight is 431 g/mol. The van der Waals surface area contributed by atoms with Crippen LogP contribution >= 0.6 is 0 Å². The van der Waals surface area contributed by atoms with Crippen molar-refractivity contribution < 1.29 is 9.59 Å². The van der Waals surface area contributed by atoms with E-state index in [-0.39, 0.29) is 29.5 Å². The summed E-state index contributed by atoms with van der Waals surface area (Å²) >= 11 is 0. The molecule has 1 saturated carbocycles. The van der Waals surface area contributed by atoms with Crippen LogP contribution in [0.2, 0.25) is 0 Å². The predicted octanol–water partition coefficient (Wildman–Crippen LogP) is 3.22. The fourth-order valence-corrected chi connectivity index (χ4v) is 4.49. The van der Waals surface area contributed by atoms with Gasteiger partial charge in [0.2, 0.25) is 5.91 Å². The summed E-state index contributed by atoms with van der Waals surface area (Å²) in [5, 5.41) is 2.98. The summed E-state index contributed by atoms with van der Waals surface area (Å²) in [5.41, 5.74) is 2.37. The van der Waals surface area contributed by atoms with Crippen LogP contribution in [0.15, 0.2) is 42.6 Å². The molecule has 0 spiro atoms. The van der Waals surface area contributed by atoms with Crippen LogP contribution in [-0.4, -0.2) is 37.8 Å². The van der Waals surface area contributed by atoms with Gasteiger partial charge in [-0.15, -0.1) is 0 Å². The molecule has 2 fully saturated rings. The number of fused-ring (bicyclic) bond motifs is 1. The summed E-state index contributed by atoms with van der Waals surface area (Å²) < 4.78 is 0. The zero-order chi connectivity index (χ0) is 22.5. The topological polar surface area (TPSA) is 101 Å². The van der Waals surface area contributed by atoms with E-state index in [2.05, 4.69) is 31.3 Å². The molecule has 8 nitrogen and oxygen atoms in total. The Kier molecular flexibility index (Phi) is 4.87. The van der Waals surface area contributed by atoms with E-state index in [0.29, 0.717) is 11.6 Å². The maximum Gasteiger partial charge on any atom is 0.271 e. The molecule has 2 aromatic rings. The number of rotatable bonds is 4. The van der Waals surface area contributed by atoms with Crippen LogP contribution in [0, 0.1) is 18.3 Å². The van der Waals surface area contributed by atoms with Gasteiger partial charge >= 0.3 is 0 Å². The third-order valence-electron chi connectivity index (χ3n) is 6.76. The Morgan fingerprint density at radius 1 is 1.16 bits per heavy atom. The number of nitrogens with one attached hydrogen (secondary N) is 1. The number of carbonyl (C=O) groups excluding carboxylic acids is 2. The van der Waals surface area contributed by atoms with Crippen molar-refractivity contribution in [2.45, 2.75) is 52.5 Å². The van der Waals surface area contributed by atoms with E-state index in [1.807, 2.05) is 26.8 Å². The molecule has 1 saturated heterocycles. The number of aryl methyl sites for hydroxylation is 1. The summed E-state index contributed by atoms with van der Waals surface area (Å²) in [7, 11) is 0. The molecule has 1 N–H and O–H groups in total. The molecule has 5 rings (SSSR count). The number of carbonyl (C=O) groups is 2. The number of hydrogen-bond donors (Lipinski definition) is 1. The fourth-order valence-electron chi connectivity index (χ4n) is 4.49. The van der Waals surface area contributed by atoms with Gasteiger partial charge in [0.25, 0.3) is 5.91 Å². The smallest absolute Gasteiger partial charge is 0.271 e. The summed E-state index contributed by atoms with van der Waals surface area (Å²) in [6.45, 7) is 5.77. The molecule has 32 heavy (non-hydrogen) atoms. The molecule has 3 aliphatic rings. The summed E-state index contributed by atoms with van der Waals surface area (Å²) in [6.07, 6.45) is 14.6. The Morgan fingerprint density at radius 3 is 2.59 bits per heavy atom. The van der Waals surface area contributed by atoms with E-state index in [1.54, 1.807) is 23.5 Å². The molecule has 2 aliphatic carbocycles. The zero-order valence-electron chi connectivity index (χ0n) is 18.5. The maximum atomic E-state index is 13.5. The lowest BCUT2D eigenvalue weighted by Crippen LogP contribution is -2.40. The number of allylic oxidation sites excluding steroid dienone is 4. The van der Waals surface area contributed by atoms with Gasteiger partial charge < -0.3 is 5.32 Å². The van der Waals surface area contributed by atoms with Crippen LogP contribution in [0.25, 0.3) is 5.57 Å². The Balaban J connectivity index is 1.50. The first-order valence-electron chi connectivity index (χ1n) is 11.0. The first kappa shape index (κ1) is 20.5. The highest BCUT2D eigenvalue weighted by molar-refractivity contribution is 6.04. The molecule has 8 heteroatoms. The van der Waals surface area contributed by atoms with Gasteiger partial charge in [-0.05, 0) is 44.3 Å². The van der Waals surface area contributed by atoms with Crippen LogP contribution in [0.3, 0.4) is 0 Å². The molecule has 2 aromatic heterocycles. The maximum absolute atomic E-state index is 13.5. The SMILES string of the molecule is Cc1ncc(C2=CCC3C(=C2)N(c2cncc(C(=O)NC4CCC4)n2)C(=O)C3(C)C)cn1. The minimum Gasteiger partial charge on any atom is -0.348 e. The molecule has 0 radical (unpaired) electrons. The van der Waals surface area contributed by atoms with Crippen LogP contribution < -0.4 is 10.2 Å². The van der Waals surface area contributed by atoms with Gasteiger partial charge in [-0.3, -0.25) is 19.5 Å². The summed E-state index contributed by atoms with van der Waals surface area (Å²) in [4.78, 5) is 45.1. The average Bonchev–Trinajstić information content (AvgIpc) is 2.96. The van der Waals surface area contributed by atoms with Gasteiger partial charge in [-0.1, -0.05) is 19.9 Å². The minimum atomic E-state index is -0.594. The molecular formula is C24H26N6O2. The second-order valence-corrected chi connectivity index (χ2v) is 9.26. The second kappa shape index (κ2) is 7.62. The normalized spacial score (nSPS) is 22.0. The van der Waals surface area contributed by atoms with Crippen molar-refractivity contribution in [3.05, 3.63) is 59.7 Å². The Hall–Kier alpha value is -3.42. The van der Waals surface area contributed by atoms with E-state index < -0.39 is 5.41 Å². The van der Waals surface area contributed by atoms with Crippen LogP contribution in [0.5, 0.6) is 0 Å². The van der Waals surface area contributed by atoms with Crippen molar-refractivity contribution in [3.63, 3.8) is 0 Å². The third-order valence-corrected chi connectivity index (χ3v) is 6.76. The van der Waals surface area contributed by atoms with E-state index in [9.17, 15) is 9.59 Å². The third kappa shape index (κ3) is 3.39. The van der Waals surface area contributed by atoms with Gasteiger partial charge in [0.05, 0.1) is 17.8 Å². The first-order chi connectivity index (χ1) is 15.3. The lowest BCUT2D eigenvalue weighted by molar-refractivity contribution is -0.125. The van der Waals surface area contributed by atoms with Gasteiger partial charge in [0, 0.05) is 35.6 Å². The largest absolute Gasteiger partial charge is 0.348 e. The molecule has 0 bridgehead atoms. The quantitative estimate of drug-likeness (QED) is 0.799. The molecule has 3 heterocycles. The van der Waals surface area contributed by atoms with Crippen LogP contribution in [0.4, 0.5) is 5.82 Å². The molecule has 2 amide bonds. The van der Waals surface area contributed by atoms with E-state index in [0.717, 1.165) is 42.5 Å². The summed E-state index contributed by atoms with van der Waals surface area (Å²) in [6, 6.07) is 0.204. The number of nitrogens with zero attached hydrogens (tertiary/aromatic N) is 5. The monoisotopic (exact) mass is 430 g/mol. The highest BCUT2D eigenvalue weighted by atomic mass is 16.2. The van der Waals surface area contributed by atoms with Crippen molar-refractivity contribution in [2.24, 2.45) is 11.3 Å². The first-order valence-corrected chi connectivity index (χ1v) is 11.0. The predicted molar refractivity (Wildman–Crippen MR) is 119 cm³/mol. The van der Waals surface area contributed by atoms with Gasteiger partial charge in [-0.2, -0.15) is 0 Å². The zero-order valence-corrected chi connectivity index (χ0v) is 18.5. The van der Waals surface area contributed by atoms with Crippen molar-refractivity contribution in [1.82, 2.24) is 25.3 Å². The van der Waals surface area contributed by atoms with E-state index in [1.165, 1.54) is 6.20 Å². The fraction of sp³-hybridized carbons (Fsp3) is 0.417. The highest BCUT2D eigenvalue weighted by Gasteiger charge is 2.52. The van der Waals surface area contributed by atoms with Gasteiger partial charge in [-0.25, -0.2) is 15.0 Å². The van der Waals surface area contributed by atoms with Crippen LogP contribution in [-0.2, 0) is 4.79 Å². The number of hydrogen-bond acceptors (Lipinski definition) is 6. The molecule has 1 aliphatic heterocycles. The second-order valence-electron chi connectivity index (χ2n) is 9.26. The molecule has 0 aromatic carbocycles. The van der Waals surface area contributed by atoms with Crippen molar-refractivity contribution in [1.29, 1.82) is 0 Å². The molecule has 1 atom stereocenters. The summed E-state index contributed by atoms with van der Waals surface area (Å²) in [5.74, 6) is 0.802. The number of anilines is 1. The van der Waals surface area contributed by atoms with E-state index >= 15 is 0 Å². The minimum absolute atomic E-state index is 0.0133. The van der Waals surface area contributed by atoms with Crippen molar-refractivity contribution in [3.8, 4) is 0 Å². The van der Waals surface area contributed by atoms with Crippen LogP contribution in [0.1, 0.15) is 61.4 Å².